The summed E-state index contributed by atoms with van der Waals surface area (Å²) >= 11 is 0. The van der Waals surface area contributed by atoms with Crippen LogP contribution in [0.1, 0.15) is 86.0 Å². The van der Waals surface area contributed by atoms with Crippen molar-refractivity contribution in [2.75, 3.05) is 13.2 Å². The quantitative estimate of drug-likeness (QED) is 0.139. The first-order valence-corrected chi connectivity index (χ1v) is 23.0. The van der Waals surface area contributed by atoms with Crippen molar-refractivity contribution in [2.24, 2.45) is 46.3 Å². The molecular weight excluding hydrogens is 816 g/mol. The zero-order valence-electron chi connectivity index (χ0n) is 36.2. The molecule has 0 aromatic rings. The van der Waals surface area contributed by atoms with Crippen LogP contribution in [0.25, 0.3) is 0 Å². The van der Waals surface area contributed by atoms with Crippen molar-refractivity contribution < 1.29 is 89.0 Å². The molecule has 18 nitrogen and oxygen atoms in total. The van der Waals surface area contributed by atoms with Gasteiger partial charge in [-0.3, -0.25) is 0 Å². The van der Waals surface area contributed by atoms with Gasteiger partial charge in [0.2, 0.25) is 0 Å². The van der Waals surface area contributed by atoms with Gasteiger partial charge in [0.15, 0.2) is 30.9 Å². The summed E-state index contributed by atoms with van der Waals surface area (Å²) in [5.41, 5.74) is 1.15. The lowest BCUT2D eigenvalue weighted by molar-refractivity contribution is -0.390. The maximum Gasteiger partial charge on any atom is 0.200 e. The number of aliphatic hydroxyl groups excluding tert-OH is 10. The molecular formula is C44H70O18. The van der Waals surface area contributed by atoms with Gasteiger partial charge in [-0.2, -0.15) is 0 Å². The van der Waals surface area contributed by atoms with Gasteiger partial charge in [-0.15, -0.1) is 0 Å². The van der Waals surface area contributed by atoms with E-state index in [4.69, 9.17) is 37.9 Å². The fraction of sp³-hybridized carbons (Fsp3) is 0.955. The summed E-state index contributed by atoms with van der Waals surface area (Å²) in [4.78, 5) is 0. The Bertz CT molecular complexity index is 1640. The highest BCUT2D eigenvalue weighted by Crippen LogP contribution is 2.71. The van der Waals surface area contributed by atoms with Crippen LogP contribution in [-0.4, -0.2) is 181 Å². The molecule has 5 heterocycles. The summed E-state index contributed by atoms with van der Waals surface area (Å²) < 4.78 is 49.4. The predicted octanol–water partition coefficient (Wildman–Crippen LogP) is -0.858. The molecule has 3 saturated carbocycles. The Balaban J connectivity index is 0.933. The smallest absolute Gasteiger partial charge is 0.200 e. The maximum atomic E-state index is 11.5. The third kappa shape index (κ3) is 7.30. The van der Waals surface area contributed by atoms with E-state index in [0.717, 1.165) is 32.1 Å². The van der Waals surface area contributed by atoms with Gasteiger partial charge in [0.1, 0.15) is 67.1 Å². The zero-order valence-corrected chi connectivity index (χ0v) is 36.2. The van der Waals surface area contributed by atoms with E-state index in [9.17, 15) is 51.1 Å². The average molecular weight is 887 g/mol. The van der Waals surface area contributed by atoms with E-state index >= 15 is 0 Å². The highest BCUT2D eigenvalue weighted by molar-refractivity contribution is 5.26. The Morgan fingerprint density at radius 3 is 2.19 bits per heavy atom. The van der Waals surface area contributed by atoms with E-state index in [0.29, 0.717) is 37.0 Å². The molecule has 0 amide bonds. The Hall–Kier alpha value is -0.980. The molecule has 8 fully saturated rings. The highest BCUT2D eigenvalue weighted by Gasteiger charge is 2.71. The van der Waals surface area contributed by atoms with Crippen LogP contribution in [0.2, 0.25) is 0 Å². The molecule has 0 radical (unpaired) electrons. The number of ether oxygens (including phenoxy) is 8. The molecule has 4 aliphatic carbocycles. The minimum atomic E-state index is -1.74. The fourth-order valence-corrected chi connectivity index (χ4v) is 13.9. The van der Waals surface area contributed by atoms with Crippen LogP contribution in [0.4, 0.5) is 0 Å². The summed E-state index contributed by atoms with van der Waals surface area (Å²) in [6.07, 6.45) is -14.5. The lowest BCUT2D eigenvalue weighted by Gasteiger charge is -2.59. The zero-order chi connectivity index (χ0) is 44.4. The van der Waals surface area contributed by atoms with E-state index in [1.165, 1.54) is 12.5 Å². The average Bonchev–Trinajstić information content (AvgIpc) is 3.69. The van der Waals surface area contributed by atoms with Gasteiger partial charge in [-0.25, -0.2) is 0 Å². The van der Waals surface area contributed by atoms with Gasteiger partial charge >= 0.3 is 0 Å². The summed E-state index contributed by atoms with van der Waals surface area (Å²) in [5, 5.41) is 107. The first-order chi connectivity index (χ1) is 29.3. The van der Waals surface area contributed by atoms with Crippen molar-refractivity contribution in [1.82, 2.24) is 0 Å². The Labute approximate surface area is 362 Å². The highest BCUT2D eigenvalue weighted by atomic mass is 16.8. The molecule has 0 bridgehead atoms. The molecule has 1 spiro atoms. The van der Waals surface area contributed by atoms with Gasteiger partial charge < -0.3 is 89.0 Å². The largest absolute Gasteiger partial charge is 0.394 e. The number of rotatable bonds is 7. The van der Waals surface area contributed by atoms with E-state index in [1.807, 2.05) is 6.92 Å². The topological polar surface area (TPSA) is 276 Å². The maximum absolute atomic E-state index is 11.5. The molecule has 5 aliphatic heterocycles. The third-order valence-corrected chi connectivity index (χ3v) is 17.5. The monoisotopic (exact) mass is 886 g/mol. The van der Waals surface area contributed by atoms with Gasteiger partial charge in [-0.1, -0.05) is 39.3 Å². The van der Waals surface area contributed by atoms with Crippen LogP contribution in [0, 0.1) is 46.3 Å². The second-order valence-electron chi connectivity index (χ2n) is 20.8. The van der Waals surface area contributed by atoms with E-state index in [-0.39, 0.29) is 41.3 Å². The van der Waals surface area contributed by atoms with Crippen molar-refractivity contribution in [3.63, 3.8) is 0 Å². The molecule has 62 heavy (non-hydrogen) atoms. The van der Waals surface area contributed by atoms with Crippen LogP contribution < -0.4 is 0 Å². The second-order valence-corrected chi connectivity index (χ2v) is 20.8. The second kappa shape index (κ2) is 17.0. The van der Waals surface area contributed by atoms with Gasteiger partial charge in [0.25, 0.3) is 0 Å². The van der Waals surface area contributed by atoms with Gasteiger partial charge in [0, 0.05) is 11.8 Å². The standard InChI is InChI=1S/C44H70O18/c1-17-12-28(47)44(62-38(17)54)18(2)29-26(61-44)14-24-22-7-6-20-13-21(8-10-42(20,4)23(22)9-11-43(24,29)5)57-41-37(60-40-35(53)33(51)30(48)19(3)56-40)36(32(50)27(15-45)58-41)59-39-34(52)31(49)25(46)16-55-39/h6,17-19,21-41,45-54H,7-16H2,1-5H3. The van der Waals surface area contributed by atoms with E-state index in [1.54, 1.807) is 0 Å². The molecule has 27 atom stereocenters. The van der Waals surface area contributed by atoms with Crippen LogP contribution in [0.3, 0.4) is 0 Å². The molecule has 27 unspecified atom stereocenters. The molecule has 18 heteroatoms. The summed E-state index contributed by atoms with van der Waals surface area (Å²) in [6.45, 7) is 9.21. The number of hydrogen-bond donors (Lipinski definition) is 10. The SMILES string of the molecule is CC1CC(O)C2(OC1O)OC1CC3C4CC=C5CC(OC6OC(CO)C(O)C(OC7OCC(O)C(O)C7O)C6OC6OC(C)C(O)C(O)C6O)CCC5(C)C4CCC3(C)C1C2C. The van der Waals surface area contributed by atoms with Crippen molar-refractivity contribution in [3.8, 4) is 0 Å². The summed E-state index contributed by atoms with van der Waals surface area (Å²) in [7, 11) is 0. The third-order valence-electron chi connectivity index (χ3n) is 17.5. The molecule has 354 valence electrons. The molecule has 10 N–H and O–H groups in total. The number of hydrogen-bond acceptors (Lipinski definition) is 18. The minimum Gasteiger partial charge on any atom is -0.394 e. The molecule has 9 aliphatic rings. The molecule has 0 aromatic heterocycles. The van der Waals surface area contributed by atoms with Gasteiger partial charge in [0.05, 0.1) is 31.5 Å². The number of aliphatic hydroxyl groups is 10. The van der Waals surface area contributed by atoms with Crippen LogP contribution in [-0.2, 0) is 37.9 Å². The Morgan fingerprint density at radius 2 is 1.45 bits per heavy atom. The lowest BCUT2D eigenvalue weighted by atomic mass is 9.47. The molecule has 9 rings (SSSR count). The van der Waals surface area contributed by atoms with Crippen molar-refractivity contribution in [3.05, 3.63) is 11.6 Å². The first kappa shape index (κ1) is 46.1. The summed E-state index contributed by atoms with van der Waals surface area (Å²) in [5.74, 6) is -0.0274. The molecule has 5 saturated heterocycles. The van der Waals surface area contributed by atoms with Crippen molar-refractivity contribution >= 4 is 0 Å². The Morgan fingerprint density at radius 1 is 0.726 bits per heavy atom. The number of fused-ring (bicyclic) bond motifs is 7. The van der Waals surface area contributed by atoms with E-state index in [2.05, 4.69) is 26.8 Å². The van der Waals surface area contributed by atoms with Crippen molar-refractivity contribution in [2.45, 2.75) is 202 Å². The van der Waals surface area contributed by atoms with Crippen LogP contribution >= 0.6 is 0 Å². The lowest BCUT2D eigenvalue weighted by Crippen LogP contribution is -2.66. The molecule has 0 aromatic carbocycles. The minimum absolute atomic E-state index is 0.0221. The fourth-order valence-electron chi connectivity index (χ4n) is 13.9. The normalized spacial score (nSPS) is 58.9. The number of allylic oxidation sites excluding steroid dienone is 1. The van der Waals surface area contributed by atoms with Crippen LogP contribution in [0.5, 0.6) is 0 Å². The predicted molar refractivity (Wildman–Crippen MR) is 211 cm³/mol. The summed E-state index contributed by atoms with van der Waals surface area (Å²) in [6, 6.07) is 0. The van der Waals surface area contributed by atoms with Crippen molar-refractivity contribution in [1.29, 1.82) is 0 Å². The first-order valence-electron chi connectivity index (χ1n) is 23.0. The van der Waals surface area contributed by atoms with Crippen LogP contribution in [0.15, 0.2) is 11.6 Å². The Kier molecular flexibility index (Phi) is 12.6. The van der Waals surface area contributed by atoms with Gasteiger partial charge in [-0.05, 0) is 92.8 Å². The van der Waals surface area contributed by atoms with E-state index < -0.39 is 117 Å².